The first-order chi connectivity index (χ1) is 14.5. The Kier molecular flexibility index (Phi) is 7.12. The van der Waals surface area contributed by atoms with Gasteiger partial charge in [0.1, 0.15) is 5.82 Å². The van der Waals surface area contributed by atoms with Crippen LogP contribution in [0.3, 0.4) is 0 Å². The molecule has 0 radical (unpaired) electrons. The van der Waals surface area contributed by atoms with Gasteiger partial charge in [-0.3, -0.25) is 14.6 Å². The molecule has 30 heavy (non-hydrogen) atoms. The summed E-state index contributed by atoms with van der Waals surface area (Å²) in [5, 5.41) is 6.55. The summed E-state index contributed by atoms with van der Waals surface area (Å²) in [6, 6.07) is 7.02. The number of nitrogens with one attached hydrogen (secondary N) is 1. The third-order valence-electron chi connectivity index (χ3n) is 6.26. The van der Waals surface area contributed by atoms with Gasteiger partial charge in [0.05, 0.1) is 10.7 Å². The first-order valence-electron chi connectivity index (χ1n) is 11.0. The monoisotopic (exact) mass is 430 g/mol. The third kappa shape index (κ3) is 5.86. The number of aryl methyl sites for hydroxylation is 1. The van der Waals surface area contributed by atoms with Gasteiger partial charge in [0.25, 0.3) is 0 Å². The number of thiazole rings is 1. The Bertz CT molecular complexity index is 824. The molecule has 2 fully saturated rings. The number of amides is 1. The van der Waals surface area contributed by atoms with Gasteiger partial charge < -0.3 is 5.32 Å². The van der Waals surface area contributed by atoms with Crippen molar-refractivity contribution in [1.29, 1.82) is 0 Å². The summed E-state index contributed by atoms with van der Waals surface area (Å²) in [4.78, 5) is 22.1. The Labute approximate surface area is 182 Å². The van der Waals surface area contributed by atoms with Crippen LogP contribution in [0.2, 0.25) is 0 Å². The number of aromatic nitrogens is 1. The van der Waals surface area contributed by atoms with E-state index in [-0.39, 0.29) is 23.7 Å². The molecule has 0 atom stereocenters. The van der Waals surface area contributed by atoms with Gasteiger partial charge in [0.2, 0.25) is 5.91 Å². The lowest BCUT2D eigenvalue weighted by molar-refractivity contribution is -0.127. The molecule has 2 aliphatic heterocycles. The molecule has 0 saturated carbocycles. The molecule has 4 rings (SSSR count). The lowest BCUT2D eigenvalue weighted by Gasteiger charge is -2.35. The third-order valence-corrected chi connectivity index (χ3v) is 7.09. The zero-order valence-electron chi connectivity index (χ0n) is 17.6. The summed E-state index contributed by atoms with van der Waals surface area (Å²) in [5.41, 5.74) is 2.28. The lowest BCUT2D eigenvalue weighted by atomic mass is 9.94. The zero-order valence-corrected chi connectivity index (χ0v) is 18.5. The molecule has 0 spiro atoms. The maximum Gasteiger partial charge on any atom is 0.223 e. The predicted molar refractivity (Wildman–Crippen MR) is 118 cm³/mol. The number of rotatable bonds is 6. The van der Waals surface area contributed by atoms with Gasteiger partial charge in [-0.1, -0.05) is 12.1 Å². The first kappa shape index (κ1) is 21.4. The van der Waals surface area contributed by atoms with Gasteiger partial charge >= 0.3 is 0 Å². The van der Waals surface area contributed by atoms with Crippen LogP contribution in [0.1, 0.15) is 41.9 Å². The normalized spacial score (nSPS) is 19.8. The van der Waals surface area contributed by atoms with Crippen LogP contribution in [0.15, 0.2) is 29.6 Å². The Morgan fingerprint density at radius 3 is 2.33 bits per heavy atom. The Morgan fingerprint density at radius 2 is 1.70 bits per heavy atom. The minimum Gasteiger partial charge on any atom is -0.353 e. The van der Waals surface area contributed by atoms with Crippen molar-refractivity contribution in [2.75, 3.05) is 26.2 Å². The van der Waals surface area contributed by atoms with Gasteiger partial charge in [-0.2, -0.15) is 0 Å². The van der Waals surface area contributed by atoms with Crippen molar-refractivity contribution < 1.29 is 9.18 Å². The van der Waals surface area contributed by atoms with Crippen molar-refractivity contribution in [3.63, 3.8) is 0 Å². The fourth-order valence-electron chi connectivity index (χ4n) is 4.47. The van der Waals surface area contributed by atoms with Crippen LogP contribution >= 0.6 is 11.3 Å². The largest absolute Gasteiger partial charge is 0.353 e. The smallest absolute Gasteiger partial charge is 0.223 e. The van der Waals surface area contributed by atoms with Gasteiger partial charge in [0.15, 0.2) is 0 Å². The SMILES string of the molecule is Cc1nc(CN2CCC(C(=O)NC3CCN(Cc4ccc(F)cc4)CC3)CC2)cs1. The number of nitrogens with zero attached hydrogens (tertiary/aromatic N) is 3. The minimum absolute atomic E-state index is 0.135. The summed E-state index contributed by atoms with van der Waals surface area (Å²) in [7, 11) is 0. The number of carbonyl (C=O) groups is 1. The number of halogens is 1. The average molecular weight is 431 g/mol. The summed E-state index contributed by atoms with van der Waals surface area (Å²) >= 11 is 1.70. The second kappa shape index (κ2) is 9.98. The van der Waals surface area contributed by atoms with E-state index >= 15 is 0 Å². The lowest BCUT2D eigenvalue weighted by Crippen LogP contribution is -2.47. The molecule has 1 aromatic heterocycles. The van der Waals surface area contributed by atoms with Crippen LogP contribution in [0.5, 0.6) is 0 Å². The second-order valence-corrected chi connectivity index (χ2v) is 9.66. The molecule has 0 bridgehead atoms. The first-order valence-corrected chi connectivity index (χ1v) is 11.8. The number of hydrogen-bond acceptors (Lipinski definition) is 5. The summed E-state index contributed by atoms with van der Waals surface area (Å²) in [5.74, 6) is 0.177. The van der Waals surface area contributed by atoms with Crippen molar-refractivity contribution in [2.45, 2.75) is 51.7 Å². The second-order valence-electron chi connectivity index (χ2n) is 8.59. The Morgan fingerprint density at radius 1 is 1.07 bits per heavy atom. The van der Waals surface area contributed by atoms with Crippen LogP contribution < -0.4 is 5.32 Å². The van der Waals surface area contributed by atoms with Crippen LogP contribution in [-0.4, -0.2) is 52.9 Å². The topological polar surface area (TPSA) is 48.5 Å². The fourth-order valence-corrected chi connectivity index (χ4v) is 5.07. The van der Waals surface area contributed by atoms with E-state index in [0.29, 0.717) is 0 Å². The van der Waals surface area contributed by atoms with E-state index in [2.05, 4.69) is 25.5 Å². The van der Waals surface area contributed by atoms with Crippen molar-refractivity contribution in [2.24, 2.45) is 5.92 Å². The van der Waals surface area contributed by atoms with Crippen molar-refractivity contribution >= 4 is 17.2 Å². The highest BCUT2D eigenvalue weighted by Crippen LogP contribution is 2.21. The molecule has 1 amide bonds. The molecule has 7 heteroatoms. The molecular weight excluding hydrogens is 399 g/mol. The summed E-state index contributed by atoms with van der Waals surface area (Å²) in [6.07, 6.45) is 3.82. The van der Waals surface area contributed by atoms with E-state index in [4.69, 9.17) is 0 Å². The van der Waals surface area contributed by atoms with E-state index in [0.717, 1.165) is 81.2 Å². The van der Waals surface area contributed by atoms with Crippen LogP contribution in [0.4, 0.5) is 4.39 Å². The van der Waals surface area contributed by atoms with Crippen LogP contribution in [-0.2, 0) is 17.9 Å². The maximum absolute atomic E-state index is 13.1. The highest BCUT2D eigenvalue weighted by atomic mass is 32.1. The van der Waals surface area contributed by atoms with Gasteiger partial charge in [0, 0.05) is 43.5 Å². The van der Waals surface area contributed by atoms with Gasteiger partial charge in [-0.25, -0.2) is 9.37 Å². The van der Waals surface area contributed by atoms with E-state index in [1.54, 1.807) is 11.3 Å². The summed E-state index contributed by atoms with van der Waals surface area (Å²) < 4.78 is 13.1. The molecule has 1 N–H and O–H groups in total. The predicted octanol–water partition coefficient (Wildman–Crippen LogP) is 3.58. The van der Waals surface area contributed by atoms with Gasteiger partial charge in [-0.05, 0) is 63.4 Å². The average Bonchev–Trinajstić information content (AvgIpc) is 3.16. The molecule has 1 aromatic carbocycles. The number of piperidine rings is 2. The molecule has 5 nitrogen and oxygen atoms in total. The standard InChI is InChI=1S/C23H31FN4OS/c1-17-25-22(16-30-17)15-28-10-6-19(7-11-28)23(29)26-21-8-12-27(13-9-21)14-18-2-4-20(24)5-3-18/h2-5,16,19,21H,6-15H2,1H3,(H,26,29). The number of carbonyl (C=O) groups excluding carboxylic acids is 1. The minimum atomic E-state index is -0.191. The quantitative estimate of drug-likeness (QED) is 0.761. The molecule has 2 aliphatic rings. The van der Waals surface area contributed by atoms with E-state index in [1.165, 1.54) is 12.1 Å². The molecule has 162 valence electrons. The number of benzene rings is 1. The van der Waals surface area contributed by atoms with E-state index in [1.807, 2.05) is 19.1 Å². The maximum atomic E-state index is 13.1. The van der Waals surface area contributed by atoms with Crippen molar-refractivity contribution in [3.8, 4) is 0 Å². The Balaban J connectivity index is 1.16. The molecule has 2 saturated heterocycles. The molecule has 2 aromatic rings. The molecule has 3 heterocycles. The molecular formula is C23H31FN4OS. The molecule has 0 aliphatic carbocycles. The fraction of sp³-hybridized carbons (Fsp3) is 0.565. The highest BCUT2D eigenvalue weighted by molar-refractivity contribution is 7.09. The Hall–Kier alpha value is -1.83. The zero-order chi connectivity index (χ0) is 20.9. The van der Waals surface area contributed by atoms with Crippen LogP contribution in [0, 0.1) is 18.7 Å². The van der Waals surface area contributed by atoms with Gasteiger partial charge in [-0.15, -0.1) is 11.3 Å². The van der Waals surface area contributed by atoms with Crippen LogP contribution in [0.25, 0.3) is 0 Å². The number of hydrogen-bond donors (Lipinski definition) is 1. The van der Waals surface area contributed by atoms with Crippen molar-refractivity contribution in [3.05, 3.63) is 51.7 Å². The summed E-state index contributed by atoms with van der Waals surface area (Å²) in [6.45, 7) is 7.64. The molecule has 0 unspecified atom stereocenters. The highest BCUT2D eigenvalue weighted by Gasteiger charge is 2.28. The van der Waals surface area contributed by atoms with E-state index < -0.39 is 0 Å². The number of likely N-dealkylation sites (tertiary alicyclic amines) is 2. The van der Waals surface area contributed by atoms with Crippen molar-refractivity contribution in [1.82, 2.24) is 20.1 Å². The van der Waals surface area contributed by atoms with E-state index in [9.17, 15) is 9.18 Å².